The summed E-state index contributed by atoms with van der Waals surface area (Å²) in [6.07, 6.45) is 2.67. The Labute approximate surface area is 183 Å². The number of carbonyl (C=O) groups excluding carboxylic acids is 1. The molecule has 2 heterocycles. The highest BCUT2D eigenvalue weighted by Gasteiger charge is 2.17. The Morgan fingerprint density at radius 3 is 2.81 bits per heavy atom. The first-order valence-corrected chi connectivity index (χ1v) is 10.8. The third-order valence-electron chi connectivity index (χ3n) is 4.96. The number of aromatic nitrogens is 4. The minimum absolute atomic E-state index is 0.00156. The van der Waals surface area contributed by atoms with Gasteiger partial charge in [-0.3, -0.25) is 4.79 Å². The number of hydrogen-bond acceptors (Lipinski definition) is 7. The van der Waals surface area contributed by atoms with Crippen molar-refractivity contribution in [3.63, 3.8) is 0 Å². The van der Waals surface area contributed by atoms with Crippen LogP contribution in [0.1, 0.15) is 28.7 Å². The number of hydrogen-bond donors (Lipinski definition) is 2. The molecule has 0 radical (unpaired) electrons. The number of Topliss-reactive ketones (excluding diaryl/α,β-unsaturated/α-hetero) is 1. The van der Waals surface area contributed by atoms with Crippen LogP contribution >= 0.6 is 11.8 Å². The van der Waals surface area contributed by atoms with Crippen LogP contribution in [0.2, 0.25) is 0 Å². The average Bonchev–Trinajstić information content (AvgIpc) is 3.39. The van der Waals surface area contributed by atoms with Crippen LogP contribution in [0.3, 0.4) is 0 Å². The van der Waals surface area contributed by atoms with Crippen LogP contribution in [-0.2, 0) is 13.0 Å². The molecule has 9 heteroatoms. The lowest BCUT2D eigenvalue weighted by molar-refractivity contribution is 0.102. The maximum atomic E-state index is 12.8. The summed E-state index contributed by atoms with van der Waals surface area (Å²) in [7, 11) is 1.60. The fourth-order valence-corrected chi connectivity index (χ4v) is 4.05. The number of methoxy groups -OCH3 is 1. The zero-order chi connectivity index (χ0) is 21.8. The highest BCUT2D eigenvalue weighted by molar-refractivity contribution is 7.99. The molecule has 160 valence electrons. The molecule has 31 heavy (non-hydrogen) atoms. The van der Waals surface area contributed by atoms with Gasteiger partial charge in [-0.1, -0.05) is 43.0 Å². The first kappa shape index (κ1) is 20.8. The van der Waals surface area contributed by atoms with Crippen LogP contribution in [0.5, 0.6) is 11.5 Å². The average molecular weight is 438 g/mol. The Balaban J connectivity index is 1.40. The first-order valence-electron chi connectivity index (χ1n) is 9.82. The summed E-state index contributed by atoms with van der Waals surface area (Å²) in [6.45, 7) is 2.24. The molecule has 0 saturated carbocycles. The van der Waals surface area contributed by atoms with Crippen LogP contribution < -0.4 is 15.3 Å². The summed E-state index contributed by atoms with van der Waals surface area (Å²) in [6, 6.07) is 13.3. The van der Waals surface area contributed by atoms with Crippen molar-refractivity contribution in [2.24, 2.45) is 0 Å². The fourth-order valence-electron chi connectivity index (χ4n) is 3.29. The summed E-state index contributed by atoms with van der Waals surface area (Å²) in [5.74, 6) is 8.10. The van der Waals surface area contributed by atoms with Gasteiger partial charge in [-0.15, -0.1) is 10.2 Å². The van der Waals surface area contributed by atoms with E-state index in [4.69, 9.17) is 15.3 Å². The molecule has 2 aromatic carbocycles. The number of nitrogen functional groups attached to an aromatic ring is 1. The van der Waals surface area contributed by atoms with E-state index in [1.54, 1.807) is 19.4 Å². The minimum Gasteiger partial charge on any atom is -0.497 e. The Morgan fingerprint density at radius 1 is 1.19 bits per heavy atom. The molecule has 4 rings (SSSR count). The second-order valence-corrected chi connectivity index (χ2v) is 7.79. The minimum atomic E-state index is 0.00156. The molecule has 0 saturated heterocycles. The molecule has 0 amide bonds. The smallest absolute Gasteiger partial charge is 0.210 e. The number of para-hydroxylation sites is 1. The number of carbonyl (C=O) groups is 1. The van der Waals surface area contributed by atoms with Crippen molar-refractivity contribution >= 4 is 28.4 Å². The normalized spacial score (nSPS) is 11.0. The van der Waals surface area contributed by atoms with Crippen LogP contribution in [-0.4, -0.2) is 38.5 Å². The van der Waals surface area contributed by atoms with E-state index in [1.807, 2.05) is 30.3 Å². The monoisotopic (exact) mass is 437 g/mol. The summed E-state index contributed by atoms with van der Waals surface area (Å²) < 4.78 is 12.3. The third-order valence-corrected chi connectivity index (χ3v) is 5.90. The maximum absolute atomic E-state index is 12.8. The van der Waals surface area contributed by atoms with Crippen LogP contribution in [0.15, 0.2) is 53.8 Å². The van der Waals surface area contributed by atoms with E-state index >= 15 is 0 Å². The third kappa shape index (κ3) is 4.36. The number of nitrogens with one attached hydrogen (secondary N) is 1. The van der Waals surface area contributed by atoms with Gasteiger partial charge in [-0.25, -0.2) is 4.68 Å². The highest BCUT2D eigenvalue weighted by Crippen LogP contribution is 2.25. The highest BCUT2D eigenvalue weighted by atomic mass is 32.2. The molecule has 0 aliphatic carbocycles. The summed E-state index contributed by atoms with van der Waals surface area (Å²) in [5, 5.41) is 9.56. The SMILES string of the molecule is CCc1cccc2c(C(=O)CSc3nnc(COc4cccc(OC)c4)n3N)c[nH]c12. The molecule has 0 fully saturated rings. The van der Waals surface area contributed by atoms with Gasteiger partial charge < -0.3 is 20.3 Å². The zero-order valence-corrected chi connectivity index (χ0v) is 18.1. The van der Waals surface area contributed by atoms with Gasteiger partial charge in [0.1, 0.15) is 18.1 Å². The van der Waals surface area contributed by atoms with Crippen molar-refractivity contribution in [1.82, 2.24) is 19.9 Å². The van der Waals surface area contributed by atoms with Gasteiger partial charge in [0.2, 0.25) is 5.16 Å². The molecule has 2 aromatic heterocycles. The van der Waals surface area contributed by atoms with Gasteiger partial charge in [0, 0.05) is 28.7 Å². The molecule has 0 aliphatic heterocycles. The van der Waals surface area contributed by atoms with E-state index in [2.05, 4.69) is 28.2 Å². The molecule has 8 nitrogen and oxygen atoms in total. The standard InChI is InChI=1S/C22H23N5O3S/c1-3-14-6-4-9-17-18(11-24-21(14)17)19(28)13-31-22-26-25-20(27(22)23)12-30-16-8-5-7-15(10-16)29-2/h4-11,24H,3,12-13,23H2,1-2H3. The lowest BCUT2D eigenvalue weighted by Crippen LogP contribution is -2.16. The quantitative estimate of drug-likeness (QED) is 0.234. The van der Waals surface area contributed by atoms with E-state index in [0.717, 1.165) is 17.3 Å². The van der Waals surface area contributed by atoms with Gasteiger partial charge in [-0.2, -0.15) is 0 Å². The number of fused-ring (bicyclic) bond motifs is 1. The van der Waals surface area contributed by atoms with Gasteiger partial charge in [0.05, 0.1) is 12.9 Å². The molecule has 0 atom stereocenters. The van der Waals surface area contributed by atoms with E-state index in [9.17, 15) is 4.79 Å². The number of H-pyrrole nitrogens is 1. The Kier molecular flexibility index (Phi) is 6.13. The number of thioether (sulfide) groups is 1. The number of aromatic amines is 1. The number of nitrogens with zero attached hydrogens (tertiary/aromatic N) is 3. The van der Waals surface area contributed by atoms with Crippen molar-refractivity contribution < 1.29 is 14.3 Å². The van der Waals surface area contributed by atoms with Crippen molar-refractivity contribution in [3.8, 4) is 11.5 Å². The number of ether oxygens (including phenoxy) is 2. The summed E-state index contributed by atoms with van der Waals surface area (Å²) in [4.78, 5) is 16.0. The largest absolute Gasteiger partial charge is 0.497 e. The zero-order valence-electron chi connectivity index (χ0n) is 17.3. The van der Waals surface area contributed by atoms with E-state index < -0.39 is 0 Å². The van der Waals surface area contributed by atoms with Crippen molar-refractivity contribution in [2.45, 2.75) is 25.1 Å². The fraction of sp³-hybridized carbons (Fsp3) is 0.227. The number of aryl methyl sites for hydroxylation is 1. The Hall–Kier alpha value is -3.46. The molecule has 0 bridgehead atoms. The van der Waals surface area contributed by atoms with Gasteiger partial charge >= 0.3 is 0 Å². The lowest BCUT2D eigenvalue weighted by atomic mass is 10.1. The second kappa shape index (κ2) is 9.13. The Morgan fingerprint density at radius 2 is 2.00 bits per heavy atom. The van der Waals surface area contributed by atoms with Crippen molar-refractivity contribution in [3.05, 3.63) is 65.6 Å². The second-order valence-electron chi connectivity index (χ2n) is 6.84. The van der Waals surface area contributed by atoms with Crippen molar-refractivity contribution in [1.29, 1.82) is 0 Å². The molecule has 0 aliphatic rings. The summed E-state index contributed by atoms with van der Waals surface area (Å²) in [5.41, 5.74) is 2.87. The van der Waals surface area contributed by atoms with Crippen LogP contribution in [0.25, 0.3) is 10.9 Å². The molecule has 3 N–H and O–H groups in total. The number of ketones is 1. The van der Waals surface area contributed by atoms with E-state index in [0.29, 0.717) is 28.0 Å². The first-order chi connectivity index (χ1) is 15.1. The van der Waals surface area contributed by atoms with E-state index in [1.165, 1.54) is 22.0 Å². The van der Waals surface area contributed by atoms with Gasteiger partial charge in [-0.05, 0) is 24.1 Å². The predicted octanol–water partition coefficient (Wildman–Crippen LogP) is 3.60. The topological polar surface area (TPSA) is 108 Å². The molecular formula is C22H23N5O3S. The number of benzene rings is 2. The predicted molar refractivity (Wildman–Crippen MR) is 120 cm³/mol. The van der Waals surface area contributed by atoms with Crippen LogP contribution in [0.4, 0.5) is 0 Å². The maximum Gasteiger partial charge on any atom is 0.210 e. The lowest BCUT2D eigenvalue weighted by Gasteiger charge is -2.07. The van der Waals surface area contributed by atoms with E-state index in [-0.39, 0.29) is 18.1 Å². The summed E-state index contributed by atoms with van der Waals surface area (Å²) >= 11 is 1.25. The number of nitrogens with two attached hydrogens (primary N) is 1. The molecule has 0 unspecified atom stereocenters. The van der Waals surface area contributed by atoms with Gasteiger partial charge in [0.25, 0.3) is 0 Å². The van der Waals surface area contributed by atoms with Crippen LogP contribution in [0, 0.1) is 0 Å². The molecule has 4 aromatic rings. The van der Waals surface area contributed by atoms with Crippen molar-refractivity contribution in [2.75, 3.05) is 18.7 Å². The van der Waals surface area contributed by atoms with Gasteiger partial charge in [0.15, 0.2) is 11.6 Å². The molecular weight excluding hydrogens is 414 g/mol. The molecule has 0 spiro atoms. The Bertz CT molecular complexity index is 1220. The number of rotatable bonds is 9.